The van der Waals surface area contributed by atoms with Crippen LogP contribution in [0.25, 0.3) is 0 Å². The first kappa shape index (κ1) is 64.9. The Morgan fingerprint density at radius 2 is 1.40 bits per heavy atom. The number of halogens is 5. The van der Waals surface area contributed by atoms with Crippen LogP contribution in [-0.2, 0) is 22.3 Å². The van der Waals surface area contributed by atoms with E-state index in [9.17, 15) is 42.2 Å². The van der Waals surface area contributed by atoms with Crippen LogP contribution in [0.3, 0.4) is 0 Å². The second-order valence-corrected chi connectivity index (χ2v) is 25.6. The lowest BCUT2D eigenvalue weighted by Gasteiger charge is -2.36. The molecule has 6 atom stereocenters. The van der Waals surface area contributed by atoms with E-state index in [-0.39, 0.29) is 42.7 Å². The second kappa shape index (κ2) is 26.5. The number of alkyl halides is 4. The highest BCUT2D eigenvalue weighted by Gasteiger charge is 2.59. The van der Waals surface area contributed by atoms with E-state index >= 15 is 0 Å². The quantitative estimate of drug-likeness (QED) is 0.0569. The first-order valence-electron chi connectivity index (χ1n) is 27.1. The molecule has 3 fully saturated rings. The number of nitrogens with one attached hydrogen (secondary N) is 1. The number of ketones is 1. The van der Waals surface area contributed by atoms with Crippen LogP contribution in [0.4, 0.5) is 34.3 Å². The molecular weight excluding hydrogens is 1100 g/mol. The standard InChI is InChI=1S/C27H35ClN6O2S.2C15H22F2N2O3/c1-18-7-6-8-21(28)20(18)15-22(35)23-17-29-26(37-23)32-24-16-25(31-19(2)30-24)34-11-9-33(10-12-34)13-14-36-27(3,4)5;1-9-5-6-19(13(21)18-9)11-7-10(8-22-14(2,3)4)12(20)15(11,16)17;1-14(2,3)7-10-4-5-19(13(22)18-10)11-6-9(8-20)12(21)15(11,16)17/h6-8,16-17H,9-15H2,1-5H3,(H,29,30,31,32);5-6,10-12,20H,7-8H2,1-4H3;4-5,9,11-12,20-21H,6-8H2,1-3H3/t;10-,11?,12-;9-,11?,12-/m.11/s1. The van der Waals surface area contributed by atoms with E-state index in [4.69, 9.17) is 26.2 Å². The summed E-state index contributed by atoms with van der Waals surface area (Å²) in [6, 6.07) is 7.78. The third-order valence-electron chi connectivity index (χ3n) is 14.0. The molecule has 0 bridgehead atoms. The Balaban J connectivity index is 0.000000207. The van der Waals surface area contributed by atoms with Gasteiger partial charge in [-0.1, -0.05) is 55.8 Å². The van der Waals surface area contributed by atoms with Gasteiger partial charge in [-0.3, -0.25) is 18.8 Å². The number of carbonyl (C=O) groups is 1. The topological polar surface area (TPSA) is 223 Å². The predicted molar refractivity (Wildman–Crippen MR) is 305 cm³/mol. The summed E-state index contributed by atoms with van der Waals surface area (Å²) in [5, 5.41) is 33.1. The van der Waals surface area contributed by atoms with Crippen LogP contribution in [0, 0.1) is 38.0 Å². The fourth-order valence-electron chi connectivity index (χ4n) is 9.69. The maximum Gasteiger partial charge on any atom is 0.348 e. The maximum atomic E-state index is 14.3. The molecule has 18 nitrogen and oxygen atoms in total. The van der Waals surface area contributed by atoms with Crippen molar-refractivity contribution in [3.63, 3.8) is 0 Å². The smallest absolute Gasteiger partial charge is 0.348 e. The van der Waals surface area contributed by atoms with Crippen molar-refractivity contribution in [2.75, 3.05) is 62.8 Å². The predicted octanol–water partition coefficient (Wildman–Crippen LogP) is 8.61. The summed E-state index contributed by atoms with van der Waals surface area (Å²) in [5.41, 5.74) is 0.749. The molecule has 3 aliphatic rings. The van der Waals surface area contributed by atoms with Crippen LogP contribution >= 0.6 is 22.9 Å². The lowest BCUT2D eigenvalue weighted by Crippen LogP contribution is -2.48. The number of benzene rings is 1. The fraction of sp³-hybridized carbons (Fsp3) is 0.614. The molecule has 4 aromatic heterocycles. The number of rotatable bonds is 15. The average Bonchev–Trinajstić information content (AvgIpc) is 3.99. The Labute approximate surface area is 480 Å². The number of hydrogen-bond donors (Lipinski definition) is 4. The van der Waals surface area contributed by atoms with Crippen LogP contribution in [0.1, 0.15) is 125 Å². The molecule has 0 spiro atoms. The van der Waals surface area contributed by atoms with E-state index in [1.807, 2.05) is 79.7 Å². The number of thiazole rings is 1. The monoisotopic (exact) mass is 1170 g/mol. The first-order valence-corrected chi connectivity index (χ1v) is 28.3. The molecule has 2 aliphatic carbocycles. The summed E-state index contributed by atoms with van der Waals surface area (Å²) in [5.74, 6) is -6.30. The SMILES string of the molecule is CC(C)(C)Cc1ccn(C2C[C@H](CO)[C@@H](O)C2(F)F)c(=O)n1.Cc1ccn(C2C[C@H](COC(C)(C)C)[C@@H](O)C2(F)F)c(=O)n1.Cc1nc(Nc2ncc(C(=O)Cc3c(C)cccc3Cl)s2)cc(N2CCN(CCOC(C)(C)C)CC2)n1. The van der Waals surface area contributed by atoms with Crippen molar-refractivity contribution in [2.24, 2.45) is 17.3 Å². The van der Waals surface area contributed by atoms with Crippen molar-refractivity contribution < 1.29 is 47.1 Å². The van der Waals surface area contributed by atoms with Gasteiger partial charge in [0, 0.05) is 92.5 Å². The van der Waals surface area contributed by atoms with Gasteiger partial charge in [-0.05, 0) is 116 Å². The van der Waals surface area contributed by atoms with Crippen molar-refractivity contribution in [1.82, 2.24) is 39.0 Å². The van der Waals surface area contributed by atoms with Gasteiger partial charge in [0.1, 0.15) is 41.8 Å². The number of aromatic nitrogens is 7. The third-order valence-corrected chi connectivity index (χ3v) is 15.3. The number of aliphatic hydroxyl groups excluding tert-OH is 3. The summed E-state index contributed by atoms with van der Waals surface area (Å²) in [6.07, 6.45) is 1.05. The van der Waals surface area contributed by atoms with Gasteiger partial charge in [-0.2, -0.15) is 9.97 Å². The van der Waals surface area contributed by atoms with Crippen LogP contribution in [0.2, 0.25) is 5.02 Å². The number of carbonyl (C=O) groups excluding carboxylic acids is 1. The molecule has 2 saturated carbocycles. The van der Waals surface area contributed by atoms with Crippen molar-refractivity contribution in [3.8, 4) is 0 Å². The van der Waals surface area contributed by atoms with Crippen LogP contribution in [-0.4, -0.2) is 148 Å². The largest absolute Gasteiger partial charge is 0.396 e. The van der Waals surface area contributed by atoms with E-state index in [0.717, 1.165) is 65.4 Å². The Hall–Kier alpha value is -5.27. The molecule has 5 aromatic rings. The lowest BCUT2D eigenvalue weighted by atomic mass is 9.90. The van der Waals surface area contributed by atoms with Crippen molar-refractivity contribution in [2.45, 2.75) is 156 Å². The van der Waals surface area contributed by atoms with E-state index in [1.54, 1.807) is 19.2 Å². The molecule has 1 saturated heterocycles. The zero-order valence-electron chi connectivity index (χ0n) is 48.4. The number of ether oxygens (including phenoxy) is 2. The summed E-state index contributed by atoms with van der Waals surface area (Å²) in [4.78, 5) is 63.3. The van der Waals surface area contributed by atoms with Gasteiger partial charge < -0.3 is 35.0 Å². The summed E-state index contributed by atoms with van der Waals surface area (Å²) in [6.45, 7) is 28.0. The molecule has 5 heterocycles. The number of anilines is 3. The minimum Gasteiger partial charge on any atom is -0.396 e. The highest BCUT2D eigenvalue weighted by Crippen LogP contribution is 2.48. The van der Waals surface area contributed by atoms with Gasteiger partial charge in [-0.15, -0.1) is 0 Å². The Morgan fingerprint density at radius 3 is 1.95 bits per heavy atom. The molecule has 2 unspecified atom stereocenters. The van der Waals surface area contributed by atoms with Crippen molar-refractivity contribution in [1.29, 1.82) is 0 Å². The molecule has 1 aliphatic heterocycles. The third kappa shape index (κ3) is 17.6. The molecule has 0 amide bonds. The fourth-order valence-corrected chi connectivity index (χ4v) is 10.7. The van der Waals surface area contributed by atoms with Gasteiger partial charge in [0.2, 0.25) is 0 Å². The number of aryl methyl sites for hydroxylation is 3. The summed E-state index contributed by atoms with van der Waals surface area (Å²) in [7, 11) is 0. The second-order valence-electron chi connectivity index (χ2n) is 24.2. The van der Waals surface area contributed by atoms with E-state index in [0.29, 0.717) is 44.5 Å². The molecule has 0 radical (unpaired) electrons. The minimum absolute atomic E-state index is 0.00734. The number of piperazine rings is 1. The Morgan fingerprint density at radius 1 is 0.802 bits per heavy atom. The van der Waals surface area contributed by atoms with Gasteiger partial charge in [0.05, 0.1) is 35.5 Å². The van der Waals surface area contributed by atoms with Crippen LogP contribution < -0.4 is 21.6 Å². The van der Waals surface area contributed by atoms with Gasteiger partial charge in [-0.25, -0.2) is 42.1 Å². The molecule has 1 aromatic carbocycles. The van der Waals surface area contributed by atoms with E-state index in [1.165, 1.54) is 29.8 Å². The van der Waals surface area contributed by atoms with Gasteiger partial charge in [0.15, 0.2) is 10.9 Å². The molecule has 446 valence electrons. The van der Waals surface area contributed by atoms with E-state index < -0.39 is 71.6 Å². The maximum absolute atomic E-state index is 14.3. The normalized spacial score (nSPS) is 22.0. The molecule has 24 heteroatoms. The van der Waals surface area contributed by atoms with Gasteiger partial charge >= 0.3 is 11.4 Å². The molecule has 81 heavy (non-hydrogen) atoms. The number of nitrogens with zero attached hydrogens (tertiary/aromatic N) is 9. The lowest BCUT2D eigenvalue weighted by molar-refractivity contribution is -0.131. The zero-order chi connectivity index (χ0) is 60.0. The zero-order valence-corrected chi connectivity index (χ0v) is 49.9. The number of hydrogen-bond acceptors (Lipinski definition) is 17. The first-order chi connectivity index (χ1) is 37.6. The van der Waals surface area contributed by atoms with Crippen LogP contribution in [0.15, 0.2) is 64.6 Å². The van der Waals surface area contributed by atoms with E-state index in [2.05, 4.69) is 60.8 Å². The number of aliphatic hydroxyl groups is 3. The van der Waals surface area contributed by atoms with Crippen molar-refractivity contribution in [3.05, 3.63) is 114 Å². The summed E-state index contributed by atoms with van der Waals surface area (Å²) >= 11 is 7.63. The van der Waals surface area contributed by atoms with Crippen molar-refractivity contribution >= 4 is 45.5 Å². The highest BCUT2D eigenvalue weighted by molar-refractivity contribution is 7.17. The Bertz CT molecular complexity index is 3020. The number of Topliss-reactive ketones (excluding diaryl/α,β-unsaturated/α-hetero) is 1. The molecule has 8 rings (SSSR count). The highest BCUT2D eigenvalue weighted by atomic mass is 35.5. The van der Waals surface area contributed by atoms with Gasteiger partial charge in [0.25, 0.3) is 11.8 Å². The molecule has 4 N–H and O–H groups in total. The summed E-state index contributed by atoms with van der Waals surface area (Å²) < 4.78 is 70.1. The van der Waals surface area contributed by atoms with Crippen LogP contribution in [0.5, 0.6) is 0 Å². The Kier molecular flexibility index (Phi) is 21.3. The molecular formula is C57H79ClF4N10O8S. The minimum atomic E-state index is -3.47. The average molecular weight is 1180 g/mol.